The van der Waals surface area contributed by atoms with Crippen molar-refractivity contribution in [1.82, 2.24) is 20.0 Å². The van der Waals surface area contributed by atoms with Crippen LogP contribution < -0.4 is 5.32 Å². The topological polar surface area (TPSA) is 60.4 Å². The van der Waals surface area contributed by atoms with Crippen molar-refractivity contribution in [3.05, 3.63) is 0 Å². The van der Waals surface area contributed by atoms with Crippen molar-refractivity contribution >= 4 is 35.9 Å². The number of ether oxygens (including phenoxy) is 1. The van der Waals surface area contributed by atoms with E-state index in [1.165, 1.54) is 52.3 Å². The fraction of sp³-hybridized carbons (Fsp3) is 0.909. The number of esters is 1. The van der Waals surface area contributed by atoms with Crippen LogP contribution in [0.25, 0.3) is 0 Å². The number of rotatable bonds is 5. The Morgan fingerprint density at radius 2 is 1.70 bits per heavy atom. The van der Waals surface area contributed by atoms with E-state index in [4.69, 9.17) is 9.73 Å². The number of halogens is 1. The second kappa shape index (κ2) is 12.4. The van der Waals surface area contributed by atoms with Crippen molar-refractivity contribution in [2.24, 2.45) is 10.9 Å². The lowest BCUT2D eigenvalue weighted by atomic mass is 9.84. The summed E-state index contributed by atoms with van der Waals surface area (Å²) in [6, 6.07) is 0. The molecule has 3 aliphatic heterocycles. The molecule has 7 nitrogen and oxygen atoms in total. The molecule has 0 aromatic heterocycles. The van der Waals surface area contributed by atoms with E-state index < -0.39 is 0 Å². The number of methoxy groups -OCH3 is 1. The smallest absolute Gasteiger partial charge is 0.308 e. The molecule has 0 bridgehead atoms. The van der Waals surface area contributed by atoms with Crippen LogP contribution in [0.5, 0.6) is 0 Å². The van der Waals surface area contributed by atoms with Crippen LogP contribution in [0.15, 0.2) is 4.99 Å². The highest BCUT2D eigenvalue weighted by Gasteiger charge is 2.40. The van der Waals surface area contributed by atoms with Crippen LogP contribution in [0.2, 0.25) is 0 Å². The van der Waals surface area contributed by atoms with E-state index in [0.29, 0.717) is 0 Å². The Kier molecular flexibility index (Phi) is 10.6. The zero-order chi connectivity index (χ0) is 20.7. The number of hydrogen-bond donors (Lipinski definition) is 1. The highest BCUT2D eigenvalue weighted by molar-refractivity contribution is 14.0. The fourth-order valence-electron chi connectivity index (χ4n) is 5.12. The molecule has 3 rings (SSSR count). The predicted molar refractivity (Wildman–Crippen MR) is 133 cm³/mol. The molecule has 0 unspecified atom stereocenters. The van der Waals surface area contributed by atoms with Crippen molar-refractivity contribution in [2.45, 2.75) is 57.4 Å². The number of nitrogens with one attached hydrogen (secondary N) is 1. The number of piperidine rings is 3. The van der Waals surface area contributed by atoms with Crippen molar-refractivity contribution in [2.75, 3.05) is 66.5 Å². The zero-order valence-corrected chi connectivity index (χ0v) is 21.5. The first-order valence-electron chi connectivity index (χ1n) is 11.6. The highest BCUT2D eigenvalue weighted by atomic mass is 127. The van der Waals surface area contributed by atoms with Gasteiger partial charge in [-0.2, -0.15) is 0 Å². The van der Waals surface area contributed by atoms with Crippen molar-refractivity contribution < 1.29 is 9.53 Å². The van der Waals surface area contributed by atoms with Crippen molar-refractivity contribution in [3.63, 3.8) is 0 Å². The third kappa shape index (κ3) is 6.45. The van der Waals surface area contributed by atoms with Gasteiger partial charge < -0.3 is 19.9 Å². The van der Waals surface area contributed by atoms with Gasteiger partial charge in [0.05, 0.1) is 19.6 Å². The number of hydrogen-bond acceptors (Lipinski definition) is 5. The lowest BCUT2D eigenvalue weighted by molar-refractivity contribution is -0.146. The molecule has 0 saturated carbocycles. The number of likely N-dealkylation sites (tertiary alicyclic amines) is 3. The maximum atomic E-state index is 11.8. The van der Waals surface area contributed by atoms with Gasteiger partial charge in [-0.1, -0.05) is 6.42 Å². The van der Waals surface area contributed by atoms with E-state index in [9.17, 15) is 4.79 Å². The average molecular weight is 536 g/mol. The van der Waals surface area contributed by atoms with Crippen LogP contribution in [0, 0.1) is 5.92 Å². The van der Waals surface area contributed by atoms with Crippen molar-refractivity contribution in [1.29, 1.82) is 0 Å². The average Bonchev–Trinajstić information content (AvgIpc) is 2.78. The number of aliphatic imine (C=N–C) groups is 1. The molecule has 0 aliphatic carbocycles. The molecule has 0 amide bonds. The Morgan fingerprint density at radius 1 is 1.07 bits per heavy atom. The summed E-state index contributed by atoms with van der Waals surface area (Å²) in [5, 5.41) is 3.51. The second-order valence-electron chi connectivity index (χ2n) is 9.03. The normalized spacial score (nSPS) is 24.2. The summed E-state index contributed by atoms with van der Waals surface area (Å²) >= 11 is 0. The van der Waals surface area contributed by atoms with Gasteiger partial charge in [0.2, 0.25) is 0 Å². The van der Waals surface area contributed by atoms with E-state index in [1.54, 1.807) is 0 Å². The van der Waals surface area contributed by atoms with Crippen LogP contribution in [-0.2, 0) is 9.53 Å². The molecule has 0 radical (unpaired) electrons. The minimum atomic E-state index is -0.0676. The maximum absolute atomic E-state index is 11.8. The third-order valence-corrected chi connectivity index (χ3v) is 7.13. The zero-order valence-electron chi connectivity index (χ0n) is 19.2. The lowest BCUT2D eigenvalue weighted by Crippen LogP contribution is -2.58. The van der Waals surface area contributed by atoms with Crippen LogP contribution in [0.4, 0.5) is 0 Å². The van der Waals surface area contributed by atoms with Crippen LogP contribution in [0.3, 0.4) is 0 Å². The standard InChI is InChI=1S/C22H41N5O2.HI/c1-4-23-21(26-14-8-19(9-15-26)20(28)29-3)24-18-22(10-16-25(2)17-11-22)27-12-6-5-7-13-27;/h19H,4-18H2,1-3H3,(H,23,24);1H. The molecule has 0 atom stereocenters. The van der Waals surface area contributed by atoms with E-state index in [-0.39, 0.29) is 41.4 Å². The van der Waals surface area contributed by atoms with Gasteiger partial charge in [0.1, 0.15) is 0 Å². The van der Waals surface area contributed by atoms with Gasteiger partial charge in [0.25, 0.3) is 0 Å². The van der Waals surface area contributed by atoms with Gasteiger partial charge in [0, 0.05) is 25.2 Å². The Bertz CT molecular complexity index is 552. The molecule has 3 aliphatic rings. The molecular weight excluding hydrogens is 493 g/mol. The summed E-state index contributed by atoms with van der Waals surface area (Å²) in [4.78, 5) is 24.6. The quantitative estimate of drug-likeness (QED) is 0.253. The molecule has 30 heavy (non-hydrogen) atoms. The lowest BCUT2D eigenvalue weighted by Gasteiger charge is -2.49. The minimum Gasteiger partial charge on any atom is -0.469 e. The third-order valence-electron chi connectivity index (χ3n) is 7.13. The number of nitrogens with zero attached hydrogens (tertiary/aromatic N) is 4. The van der Waals surface area contributed by atoms with E-state index in [2.05, 4.69) is 34.0 Å². The Balaban J connectivity index is 0.00000320. The minimum absolute atomic E-state index is 0. The second-order valence-corrected chi connectivity index (χ2v) is 9.03. The summed E-state index contributed by atoms with van der Waals surface area (Å²) in [6.07, 6.45) is 8.12. The predicted octanol–water partition coefficient (Wildman–Crippen LogP) is 2.41. The molecule has 3 fully saturated rings. The largest absolute Gasteiger partial charge is 0.469 e. The first-order valence-corrected chi connectivity index (χ1v) is 11.6. The SMILES string of the molecule is CCNC(=NCC1(N2CCCCC2)CCN(C)CC1)N1CCC(C(=O)OC)CC1.I. The Labute approximate surface area is 200 Å². The maximum Gasteiger partial charge on any atom is 0.308 e. The monoisotopic (exact) mass is 535 g/mol. The molecule has 0 aromatic rings. The van der Waals surface area contributed by atoms with Crippen LogP contribution in [0.1, 0.15) is 51.9 Å². The Hall–Kier alpha value is -0.610. The van der Waals surface area contributed by atoms with Gasteiger partial charge in [0.15, 0.2) is 5.96 Å². The molecule has 0 aromatic carbocycles. The summed E-state index contributed by atoms with van der Waals surface area (Å²) in [5.41, 5.74) is 0.206. The fourth-order valence-corrected chi connectivity index (χ4v) is 5.12. The van der Waals surface area contributed by atoms with Crippen LogP contribution in [-0.4, -0.2) is 98.7 Å². The van der Waals surface area contributed by atoms with E-state index in [1.807, 2.05) is 0 Å². The molecule has 0 spiro atoms. The van der Waals surface area contributed by atoms with E-state index in [0.717, 1.165) is 58.1 Å². The van der Waals surface area contributed by atoms with Crippen molar-refractivity contribution in [3.8, 4) is 0 Å². The summed E-state index contributed by atoms with van der Waals surface area (Å²) < 4.78 is 4.94. The van der Waals surface area contributed by atoms with Gasteiger partial charge in [-0.25, -0.2) is 0 Å². The van der Waals surface area contributed by atoms with Gasteiger partial charge in [-0.15, -0.1) is 24.0 Å². The number of guanidine groups is 1. The van der Waals surface area contributed by atoms with E-state index >= 15 is 0 Å². The molecule has 1 N–H and O–H groups in total. The van der Waals surface area contributed by atoms with Crippen LogP contribution >= 0.6 is 24.0 Å². The molecule has 174 valence electrons. The molecule has 3 heterocycles. The Morgan fingerprint density at radius 3 is 2.27 bits per heavy atom. The highest BCUT2D eigenvalue weighted by Crippen LogP contribution is 2.32. The summed E-state index contributed by atoms with van der Waals surface area (Å²) in [5.74, 6) is 0.987. The molecular formula is C22H42IN5O2. The molecule has 3 saturated heterocycles. The van der Waals surface area contributed by atoms with Gasteiger partial charge in [-0.05, 0) is 78.7 Å². The van der Waals surface area contributed by atoms with Gasteiger partial charge in [-0.3, -0.25) is 14.7 Å². The summed E-state index contributed by atoms with van der Waals surface area (Å²) in [6.45, 7) is 10.4. The number of carbonyl (C=O) groups is 1. The first-order chi connectivity index (χ1) is 14.1. The molecule has 8 heteroatoms. The first kappa shape index (κ1) is 25.6. The summed E-state index contributed by atoms with van der Waals surface area (Å²) in [7, 11) is 3.72. The number of carbonyl (C=O) groups excluding carboxylic acids is 1. The van der Waals surface area contributed by atoms with Gasteiger partial charge >= 0.3 is 5.97 Å².